The quantitative estimate of drug-likeness (QED) is 0.852. The van der Waals surface area contributed by atoms with Crippen LogP contribution in [0.5, 0.6) is 5.75 Å². The van der Waals surface area contributed by atoms with Gasteiger partial charge in [0.25, 0.3) is 5.91 Å². The number of amides is 1. The van der Waals surface area contributed by atoms with Crippen LogP contribution in [0.15, 0.2) is 18.2 Å². The van der Waals surface area contributed by atoms with Crippen LogP contribution in [0, 0.1) is 0 Å². The molecule has 0 bridgehead atoms. The second-order valence-corrected chi connectivity index (χ2v) is 4.86. The number of carbonyl (C=O) groups excluding carboxylic acids is 1. The number of benzene rings is 1. The lowest BCUT2D eigenvalue weighted by molar-refractivity contribution is 0.0757. The van der Waals surface area contributed by atoms with Crippen molar-refractivity contribution in [1.82, 2.24) is 4.90 Å². The molecule has 19 heavy (non-hydrogen) atoms. The largest absolute Gasteiger partial charge is 0.491 e. The molecule has 2 N–H and O–H groups in total. The SMILES string of the molecule is CCOc1c(N)cccc1C(=O)N1CCCCCC1. The summed E-state index contributed by atoms with van der Waals surface area (Å²) in [6, 6.07) is 5.38. The number of ether oxygens (including phenoxy) is 1. The number of hydrogen-bond acceptors (Lipinski definition) is 3. The molecule has 104 valence electrons. The molecule has 0 spiro atoms. The average molecular weight is 262 g/mol. The lowest BCUT2D eigenvalue weighted by Crippen LogP contribution is -2.32. The molecule has 2 rings (SSSR count). The Morgan fingerprint density at radius 3 is 2.58 bits per heavy atom. The van der Waals surface area contributed by atoms with Gasteiger partial charge >= 0.3 is 0 Å². The first kappa shape index (κ1) is 13.7. The highest BCUT2D eigenvalue weighted by Crippen LogP contribution is 2.28. The summed E-state index contributed by atoms with van der Waals surface area (Å²) in [7, 11) is 0. The van der Waals surface area contributed by atoms with Crippen molar-refractivity contribution in [3.05, 3.63) is 23.8 Å². The number of nitrogens with two attached hydrogens (primary N) is 1. The molecule has 1 aliphatic rings. The first-order valence-corrected chi connectivity index (χ1v) is 7.04. The Balaban J connectivity index is 2.24. The maximum atomic E-state index is 12.6. The second kappa shape index (κ2) is 6.45. The number of anilines is 1. The molecule has 1 fully saturated rings. The van der Waals surface area contributed by atoms with Gasteiger partial charge in [0.05, 0.1) is 17.9 Å². The Morgan fingerprint density at radius 1 is 1.26 bits per heavy atom. The molecule has 1 heterocycles. The summed E-state index contributed by atoms with van der Waals surface area (Å²) in [5.41, 5.74) is 7.03. The molecule has 1 saturated heterocycles. The van der Waals surface area contributed by atoms with Crippen molar-refractivity contribution < 1.29 is 9.53 Å². The fourth-order valence-electron chi connectivity index (χ4n) is 2.47. The van der Waals surface area contributed by atoms with Crippen LogP contribution in [-0.2, 0) is 0 Å². The van der Waals surface area contributed by atoms with Gasteiger partial charge in [-0.1, -0.05) is 18.9 Å². The topological polar surface area (TPSA) is 55.6 Å². The van der Waals surface area contributed by atoms with E-state index in [1.165, 1.54) is 12.8 Å². The smallest absolute Gasteiger partial charge is 0.257 e. The molecule has 0 saturated carbocycles. The fourth-order valence-corrected chi connectivity index (χ4v) is 2.47. The molecule has 0 aromatic heterocycles. The van der Waals surface area contributed by atoms with E-state index in [0.29, 0.717) is 23.6 Å². The first-order valence-electron chi connectivity index (χ1n) is 7.04. The number of carbonyl (C=O) groups is 1. The van der Waals surface area contributed by atoms with E-state index < -0.39 is 0 Å². The number of nitrogens with zero attached hydrogens (tertiary/aromatic N) is 1. The fraction of sp³-hybridized carbons (Fsp3) is 0.533. The Labute approximate surface area is 114 Å². The van der Waals surface area contributed by atoms with Crippen molar-refractivity contribution in [3.63, 3.8) is 0 Å². The minimum absolute atomic E-state index is 0.0395. The Kier molecular flexibility index (Phi) is 4.66. The molecular weight excluding hydrogens is 240 g/mol. The van der Waals surface area contributed by atoms with Gasteiger partial charge in [0.1, 0.15) is 0 Å². The van der Waals surface area contributed by atoms with Crippen molar-refractivity contribution in [1.29, 1.82) is 0 Å². The van der Waals surface area contributed by atoms with E-state index >= 15 is 0 Å². The van der Waals surface area contributed by atoms with Gasteiger partial charge in [0, 0.05) is 13.1 Å². The maximum Gasteiger partial charge on any atom is 0.257 e. The van der Waals surface area contributed by atoms with Crippen molar-refractivity contribution >= 4 is 11.6 Å². The van der Waals surface area contributed by atoms with Crippen LogP contribution in [0.3, 0.4) is 0 Å². The molecule has 1 aliphatic heterocycles. The van der Waals surface area contributed by atoms with Gasteiger partial charge in [-0.15, -0.1) is 0 Å². The number of para-hydroxylation sites is 1. The van der Waals surface area contributed by atoms with E-state index in [-0.39, 0.29) is 5.91 Å². The van der Waals surface area contributed by atoms with Gasteiger partial charge in [-0.05, 0) is 31.9 Å². The minimum atomic E-state index is 0.0395. The highest BCUT2D eigenvalue weighted by Gasteiger charge is 2.21. The molecule has 0 unspecified atom stereocenters. The Hall–Kier alpha value is -1.71. The third kappa shape index (κ3) is 3.19. The van der Waals surface area contributed by atoms with E-state index in [1.807, 2.05) is 17.9 Å². The van der Waals surface area contributed by atoms with Crippen LogP contribution in [0.2, 0.25) is 0 Å². The highest BCUT2D eigenvalue weighted by atomic mass is 16.5. The number of rotatable bonds is 3. The van der Waals surface area contributed by atoms with E-state index in [9.17, 15) is 4.79 Å². The van der Waals surface area contributed by atoms with Crippen molar-refractivity contribution in [2.45, 2.75) is 32.6 Å². The van der Waals surface area contributed by atoms with Crippen LogP contribution in [-0.4, -0.2) is 30.5 Å². The van der Waals surface area contributed by atoms with Crippen molar-refractivity contribution in [2.75, 3.05) is 25.4 Å². The summed E-state index contributed by atoms with van der Waals surface area (Å²) < 4.78 is 5.54. The van der Waals surface area contributed by atoms with E-state index in [4.69, 9.17) is 10.5 Å². The molecule has 4 heteroatoms. The number of nitrogen functional groups attached to an aromatic ring is 1. The summed E-state index contributed by atoms with van der Waals surface area (Å²) in [4.78, 5) is 14.5. The van der Waals surface area contributed by atoms with Crippen LogP contribution >= 0.6 is 0 Å². The third-order valence-electron chi connectivity index (χ3n) is 3.46. The third-order valence-corrected chi connectivity index (χ3v) is 3.46. The lowest BCUT2D eigenvalue weighted by atomic mass is 10.1. The standard InChI is InChI=1S/C15H22N2O2/c1-2-19-14-12(8-7-9-13(14)16)15(18)17-10-5-3-4-6-11-17/h7-9H,2-6,10-11,16H2,1H3. The minimum Gasteiger partial charge on any atom is -0.491 e. The Bertz CT molecular complexity index is 438. The zero-order chi connectivity index (χ0) is 13.7. The van der Waals surface area contributed by atoms with E-state index in [1.54, 1.807) is 12.1 Å². The predicted molar refractivity (Wildman–Crippen MR) is 76.4 cm³/mol. The summed E-state index contributed by atoms with van der Waals surface area (Å²) in [6.07, 6.45) is 4.58. The Morgan fingerprint density at radius 2 is 1.95 bits per heavy atom. The number of hydrogen-bond donors (Lipinski definition) is 1. The van der Waals surface area contributed by atoms with Gasteiger partial charge in [0.15, 0.2) is 5.75 Å². The summed E-state index contributed by atoms with van der Waals surface area (Å²) >= 11 is 0. The predicted octanol–water partition coefficient (Wildman–Crippen LogP) is 2.68. The molecule has 0 radical (unpaired) electrons. The van der Waals surface area contributed by atoms with Crippen LogP contribution in [0.4, 0.5) is 5.69 Å². The van der Waals surface area contributed by atoms with Gasteiger partial charge in [-0.2, -0.15) is 0 Å². The molecule has 1 aromatic carbocycles. The van der Waals surface area contributed by atoms with Gasteiger partial charge in [-0.3, -0.25) is 4.79 Å². The summed E-state index contributed by atoms with van der Waals surface area (Å²) in [6.45, 7) is 4.07. The monoisotopic (exact) mass is 262 g/mol. The molecule has 4 nitrogen and oxygen atoms in total. The molecule has 1 amide bonds. The van der Waals surface area contributed by atoms with Crippen LogP contribution < -0.4 is 10.5 Å². The highest BCUT2D eigenvalue weighted by molar-refractivity contribution is 5.98. The van der Waals surface area contributed by atoms with Crippen LogP contribution in [0.25, 0.3) is 0 Å². The van der Waals surface area contributed by atoms with Gasteiger partial charge in [-0.25, -0.2) is 0 Å². The van der Waals surface area contributed by atoms with E-state index in [2.05, 4.69) is 0 Å². The van der Waals surface area contributed by atoms with Crippen molar-refractivity contribution in [2.24, 2.45) is 0 Å². The average Bonchev–Trinajstić information content (AvgIpc) is 2.69. The summed E-state index contributed by atoms with van der Waals surface area (Å²) in [5, 5.41) is 0. The van der Waals surface area contributed by atoms with Gasteiger partial charge < -0.3 is 15.4 Å². The zero-order valence-electron chi connectivity index (χ0n) is 11.5. The molecular formula is C15H22N2O2. The molecule has 1 aromatic rings. The second-order valence-electron chi connectivity index (χ2n) is 4.86. The van der Waals surface area contributed by atoms with Gasteiger partial charge in [0.2, 0.25) is 0 Å². The van der Waals surface area contributed by atoms with Crippen molar-refractivity contribution in [3.8, 4) is 5.75 Å². The number of likely N-dealkylation sites (tertiary alicyclic amines) is 1. The first-order chi connectivity index (χ1) is 9.24. The lowest BCUT2D eigenvalue weighted by Gasteiger charge is -2.22. The zero-order valence-corrected chi connectivity index (χ0v) is 11.5. The maximum absolute atomic E-state index is 12.6. The van der Waals surface area contributed by atoms with E-state index in [0.717, 1.165) is 25.9 Å². The molecule has 0 atom stereocenters. The normalized spacial score (nSPS) is 15.9. The summed E-state index contributed by atoms with van der Waals surface area (Å²) in [5.74, 6) is 0.567. The van der Waals surface area contributed by atoms with Crippen LogP contribution in [0.1, 0.15) is 43.0 Å². The molecule has 0 aliphatic carbocycles.